The van der Waals surface area contributed by atoms with Gasteiger partial charge in [-0.05, 0) is 73.2 Å². The van der Waals surface area contributed by atoms with Crippen LogP contribution in [0.15, 0.2) is 48.5 Å². The average molecular weight is 571 g/mol. The normalized spacial score (nSPS) is 20.5. The Kier molecular flexibility index (Phi) is 7.55. The Morgan fingerprint density at radius 3 is 2.79 bits per heavy atom. The number of aromatic nitrogens is 1. The third-order valence-electron chi connectivity index (χ3n) is 8.09. The quantitative estimate of drug-likeness (QED) is 0.504. The summed E-state index contributed by atoms with van der Waals surface area (Å²) in [6, 6.07) is 14.2. The number of amides is 3. The van der Waals surface area contributed by atoms with Crippen LogP contribution in [0.1, 0.15) is 49.5 Å². The van der Waals surface area contributed by atoms with Crippen molar-refractivity contribution >= 4 is 17.7 Å². The number of likely N-dealkylation sites (N-methyl/N-ethyl adjacent to an activating group) is 1. The fraction of sp³-hybridized carbons (Fsp3) is 0.375. The van der Waals surface area contributed by atoms with Gasteiger partial charge in [-0.2, -0.15) is 0 Å². The minimum atomic E-state index is -0.475. The number of pyridine rings is 1. The Morgan fingerprint density at radius 1 is 1.10 bits per heavy atom. The number of likely N-dealkylation sites (tertiary alicyclic amines) is 1. The molecule has 3 heterocycles. The molecule has 3 aromatic rings. The lowest BCUT2D eigenvalue weighted by Crippen LogP contribution is -2.48. The van der Waals surface area contributed by atoms with Gasteiger partial charge in [-0.15, -0.1) is 0 Å². The smallest absolute Gasteiger partial charge is 0.259 e. The van der Waals surface area contributed by atoms with E-state index in [0.29, 0.717) is 28.5 Å². The molecule has 3 aliphatic rings. The standard InChI is InChI=1S/C32H34N4O6/c1-19-10-11-22-14-27(19)42-23-8-4-6-20(12-23)18-41-28-16-36(15-26(28)33-29(37)17-35(2)31(22)38)32(39)24-13-21-7-5-9-25(21)34-30(24)40-3/h4,6,8,10-14,26,28H,5,7,9,15-18H2,1-3H3,(H,33,37)/t26-,28-/m0/s1. The molecule has 42 heavy (non-hydrogen) atoms. The summed E-state index contributed by atoms with van der Waals surface area (Å²) >= 11 is 0. The molecular weight excluding hydrogens is 536 g/mol. The molecule has 0 unspecified atom stereocenters. The van der Waals surface area contributed by atoms with Gasteiger partial charge >= 0.3 is 0 Å². The minimum Gasteiger partial charge on any atom is -0.480 e. The van der Waals surface area contributed by atoms with Gasteiger partial charge in [0.2, 0.25) is 11.8 Å². The van der Waals surface area contributed by atoms with Gasteiger partial charge in [0.15, 0.2) is 0 Å². The van der Waals surface area contributed by atoms with E-state index in [-0.39, 0.29) is 44.0 Å². The summed E-state index contributed by atoms with van der Waals surface area (Å²) in [4.78, 5) is 47.7. The number of fused-ring (bicyclic) bond motifs is 6. The number of aryl methyl sites for hydroxylation is 3. The van der Waals surface area contributed by atoms with E-state index in [2.05, 4.69) is 10.3 Å². The molecule has 0 saturated carbocycles. The maximum absolute atomic E-state index is 13.8. The lowest BCUT2D eigenvalue weighted by Gasteiger charge is -2.23. The van der Waals surface area contributed by atoms with Crippen molar-refractivity contribution in [3.63, 3.8) is 0 Å². The molecular formula is C32H34N4O6. The molecule has 0 spiro atoms. The summed E-state index contributed by atoms with van der Waals surface area (Å²) in [7, 11) is 3.10. The second-order valence-electron chi connectivity index (χ2n) is 11.1. The predicted octanol–water partition coefficient (Wildman–Crippen LogP) is 3.29. The Bertz CT molecular complexity index is 1560. The van der Waals surface area contributed by atoms with Crippen LogP contribution in [0.5, 0.6) is 17.4 Å². The number of hydrogen-bond donors (Lipinski definition) is 1. The van der Waals surface area contributed by atoms with Crippen molar-refractivity contribution in [1.29, 1.82) is 0 Å². The summed E-state index contributed by atoms with van der Waals surface area (Å²) in [5, 5.41) is 3.02. The van der Waals surface area contributed by atoms with Gasteiger partial charge in [0.05, 0.1) is 32.4 Å². The molecule has 4 bridgehead atoms. The number of nitrogens with zero attached hydrogens (tertiary/aromatic N) is 3. The van der Waals surface area contributed by atoms with Crippen molar-refractivity contribution in [2.45, 2.75) is 44.9 Å². The predicted molar refractivity (Wildman–Crippen MR) is 154 cm³/mol. The van der Waals surface area contributed by atoms with E-state index in [0.717, 1.165) is 41.6 Å². The van der Waals surface area contributed by atoms with Gasteiger partial charge in [-0.25, -0.2) is 4.98 Å². The van der Waals surface area contributed by atoms with Crippen LogP contribution >= 0.6 is 0 Å². The maximum Gasteiger partial charge on any atom is 0.259 e. The Labute approximate surface area is 244 Å². The number of carbonyl (C=O) groups is 3. The highest BCUT2D eigenvalue weighted by Gasteiger charge is 2.39. The van der Waals surface area contributed by atoms with Gasteiger partial charge < -0.3 is 29.3 Å². The van der Waals surface area contributed by atoms with E-state index < -0.39 is 12.1 Å². The van der Waals surface area contributed by atoms with Crippen molar-refractivity contribution in [3.05, 3.63) is 82.0 Å². The molecule has 1 saturated heterocycles. The number of carbonyl (C=O) groups excluding carboxylic acids is 3. The van der Waals surface area contributed by atoms with Crippen LogP contribution in [0.2, 0.25) is 0 Å². The highest BCUT2D eigenvalue weighted by atomic mass is 16.5. The highest BCUT2D eigenvalue weighted by molar-refractivity contribution is 5.98. The molecule has 2 aromatic carbocycles. The molecule has 10 heteroatoms. The van der Waals surface area contributed by atoms with Crippen LogP contribution in [0, 0.1) is 6.92 Å². The first-order chi connectivity index (χ1) is 20.3. The zero-order valence-corrected chi connectivity index (χ0v) is 24.0. The van der Waals surface area contributed by atoms with Crippen molar-refractivity contribution in [2.75, 3.05) is 33.8 Å². The van der Waals surface area contributed by atoms with Gasteiger partial charge in [-0.3, -0.25) is 14.4 Å². The van der Waals surface area contributed by atoms with Crippen LogP contribution in [-0.2, 0) is 29.0 Å². The zero-order valence-electron chi connectivity index (χ0n) is 24.0. The Hall–Kier alpha value is -4.44. The minimum absolute atomic E-state index is 0.151. The average Bonchev–Trinajstić information content (AvgIpc) is 3.61. The SMILES string of the molecule is COc1nc2c(cc1C(=O)N1C[C@@H]3NC(=O)CN(C)C(=O)c4ccc(C)c(c4)Oc4cccc(c4)CO[C@H]3C1)CCC2. The maximum atomic E-state index is 13.8. The third kappa shape index (κ3) is 5.54. The molecule has 218 valence electrons. The molecule has 1 N–H and O–H groups in total. The molecule has 3 amide bonds. The molecule has 10 nitrogen and oxygen atoms in total. The monoisotopic (exact) mass is 570 g/mol. The second-order valence-corrected chi connectivity index (χ2v) is 11.1. The number of benzene rings is 2. The van der Waals surface area contributed by atoms with E-state index >= 15 is 0 Å². The first kappa shape index (κ1) is 27.7. The molecule has 1 aliphatic carbocycles. The van der Waals surface area contributed by atoms with E-state index in [1.807, 2.05) is 43.3 Å². The molecule has 6 rings (SSSR count). The topological polar surface area (TPSA) is 110 Å². The summed E-state index contributed by atoms with van der Waals surface area (Å²) in [6.45, 7) is 2.54. The van der Waals surface area contributed by atoms with Gasteiger partial charge in [0.25, 0.3) is 11.8 Å². The lowest BCUT2D eigenvalue weighted by molar-refractivity contribution is -0.123. The van der Waals surface area contributed by atoms with E-state index in [1.54, 1.807) is 24.1 Å². The third-order valence-corrected chi connectivity index (χ3v) is 8.09. The van der Waals surface area contributed by atoms with Crippen molar-refractivity contribution < 1.29 is 28.6 Å². The Morgan fingerprint density at radius 2 is 1.95 bits per heavy atom. The van der Waals surface area contributed by atoms with Gasteiger partial charge in [0.1, 0.15) is 17.1 Å². The van der Waals surface area contributed by atoms with Gasteiger partial charge in [0, 0.05) is 31.4 Å². The van der Waals surface area contributed by atoms with Crippen LogP contribution in [-0.4, -0.2) is 78.4 Å². The fourth-order valence-corrected chi connectivity index (χ4v) is 5.81. The van der Waals surface area contributed by atoms with Crippen LogP contribution in [0.4, 0.5) is 0 Å². The first-order valence-corrected chi connectivity index (χ1v) is 14.2. The summed E-state index contributed by atoms with van der Waals surface area (Å²) in [5.74, 6) is 0.629. The number of methoxy groups -OCH3 is 1. The van der Waals surface area contributed by atoms with Crippen LogP contribution < -0.4 is 14.8 Å². The highest BCUT2D eigenvalue weighted by Crippen LogP contribution is 2.30. The lowest BCUT2D eigenvalue weighted by atomic mass is 10.1. The zero-order chi connectivity index (χ0) is 29.4. The van der Waals surface area contributed by atoms with Crippen LogP contribution in [0.3, 0.4) is 0 Å². The number of nitrogens with one attached hydrogen (secondary N) is 1. The summed E-state index contributed by atoms with van der Waals surface area (Å²) in [5.41, 5.74) is 4.64. The Balaban J connectivity index is 1.28. The first-order valence-electron chi connectivity index (χ1n) is 14.2. The summed E-state index contributed by atoms with van der Waals surface area (Å²) < 4.78 is 18.0. The van der Waals surface area contributed by atoms with Crippen molar-refractivity contribution in [3.8, 4) is 17.4 Å². The van der Waals surface area contributed by atoms with E-state index in [9.17, 15) is 14.4 Å². The molecule has 1 fully saturated rings. The number of hydrogen-bond acceptors (Lipinski definition) is 7. The van der Waals surface area contributed by atoms with Gasteiger partial charge in [-0.1, -0.05) is 18.2 Å². The second kappa shape index (κ2) is 11.4. The molecule has 0 radical (unpaired) electrons. The fourth-order valence-electron chi connectivity index (χ4n) is 5.81. The largest absolute Gasteiger partial charge is 0.480 e. The van der Waals surface area contributed by atoms with E-state index in [1.165, 1.54) is 12.0 Å². The molecule has 2 atom stereocenters. The molecule has 1 aromatic heterocycles. The number of ether oxygens (including phenoxy) is 3. The number of rotatable bonds is 2. The van der Waals surface area contributed by atoms with Crippen molar-refractivity contribution in [2.24, 2.45) is 0 Å². The van der Waals surface area contributed by atoms with Crippen LogP contribution in [0.25, 0.3) is 0 Å². The van der Waals surface area contributed by atoms with E-state index in [4.69, 9.17) is 14.2 Å². The molecule has 2 aliphatic heterocycles. The van der Waals surface area contributed by atoms with Crippen molar-refractivity contribution in [1.82, 2.24) is 20.1 Å². The summed E-state index contributed by atoms with van der Waals surface area (Å²) in [6.07, 6.45) is 2.29.